The lowest BCUT2D eigenvalue weighted by Crippen LogP contribution is -2.42. The number of rotatable bonds is 8. The lowest BCUT2D eigenvalue weighted by atomic mass is 10.1. The minimum absolute atomic E-state index is 0.00773. The van der Waals surface area contributed by atoms with Gasteiger partial charge in [0, 0.05) is 35.2 Å². The SMILES string of the molecule is COc1ccc(C#Cc2ccc(S(=O)(=O)N[C@H](Cc3c[nH]c4ccccc34)C(=O)O)cc2[N+](=O)[O-])cc1. The second-order valence-corrected chi connectivity index (χ2v) is 9.70. The van der Waals surface area contributed by atoms with Crippen molar-refractivity contribution in [1.29, 1.82) is 0 Å². The number of carboxylic acid groups (broad SMARTS) is 1. The van der Waals surface area contributed by atoms with Crippen LogP contribution >= 0.6 is 0 Å². The molecular formula is C26H21N3O7S. The first-order valence-electron chi connectivity index (χ1n) is 10.9. The van der Waals surface area contributed by atoms with Crippen LogP contribution in [-0.2, 0) is 21.2 Å². The number of carbonyl (C=O) groups is 1. The predicted molar refractivity (Wildman–Crippen MR) is 136 cm³/mol. The first-order chi connectivity index (χ1) is 17.7. The van der Waals surface area contributed by atoms with Crippen molar-refractivity contribution in [3.8, 4) is 17.6 Å². The minimum atomic E-state index is -4.42. The summed E-state index contributed by atoms with van der Waals surface area (Å²) in [5, 5.41) is 22.1. The maximum absolute atomic E-state index is 13.0. The van der Waals surface area contributed by atoms with E-state index in [2.05, 4.69) is 21.5 Å². The molecule has 0 saturated heterocycles. The van der Waals surface area contributed by atoms with Gasteiger partial charge in [-0.2, -0.15) is 4.72 Å². The number of aromatic amines is 1. The average Bonchev–Trinajstić information content (AvgIpc) is 3.29. The lowest BCUT2D eigenvalue weighted by Gasteiger charge is -2.15. The Morgan fingerprint density at radius 1 is 1.14 bits per heavy atom. The summed E-state index contributed by atoms with van der Waals surface area (Å²) < 4.78 is 33.3. The Labute approximate surface area is 212 Å². The molecule has 4 aromatic rings. The first-order valence-corrected chi connectivity index (χ1v) is 12.4. The highest BCUT2D eigenvalue weighted by atomic mass is 32.2. The van der Waals surface area contributed by atoms with Crippen LogP contribution in [-0.4, -0.2) is 42.6 Å². The largest absolute Gasteiger partial charge is 0.497 e. The van der Waals surface area contributed by atoms with Crippen LogP contribution < -0.4 is 9.46 Å². The molecule has 3 N–H and O–H groups in total. The second-order valence-electron chi connectivity index (χ2n) is 7.99. The highest BCUT2D eigenvalue weighted by molar-refractivity contribution is 7.89. The molecule has 0 saturated carbocycles. The second kappa shape index (κ2) is 10.5. The van der Waals surface area contributed by atoms with Gasteiger partial charge in [-0.3, -0.25) is 14.9 Å². The van der Waals surface area contributed by atoms with Gasteiger partial charge in [-0.1, -0.05) is 30.0 Å². The molecule has 0 fully saturated rings. The summed E-state index contributed by atoms with van der Waals surface area (Å²) in [6.45, 7) is 0. The number of para-hydroxylation sites is 1. The number of nitrogens with zero attached hydrogens (tertiary/aromatic N) is 1. The number of hydrogen-bond acceptors (Lipinski definition) is 6. The zero-order chi connectivity index (χ0) is 26.6. The van der Waals surface area contributed by atoms with E-state index >= 15 is 0 Å². The van der Waals surface area contributed by atoms with E-state index in [1.54, 1.807) is 42.6 Å². The van der Waals surface area contributed by atoms with Crippen LogP contribution in [0.4, 0.5) is 5.69 Å². The van der Waals surface area contributed by atoms with Gasteiger partial charge in [-0.25, -0.2) is 8.42 Å². The van der Waals surface area contributed by atoms with Gasteiger partial charge >= 0.3 is 5.97 Å². The molecule has 37 heavy (non-hydrogen) atoms. The van der Waals surface area contributed by atoms with Crippen LogP contribution in [0, 0.1) is 22.0 Å². The number of hydrogen-bond donors (Lipinski definition) is 3. The van der Waals surface area contributed by atoms with Gasteiger partial charge in [0.25, 0.3) is 5.69 Å². The number of fused-ring (bicyclic) bond motifs is 1. The number of nitro groups is 1. The van der Waals surface area contributed by atoms with Crippen LogP contribution in [0.2, 0.25) is 0 Å². The minimum Gasteiger partial charge on any atom is -0.497 e. The molecule has 0 aliphatic heterocycles. The Morgan fingerprint density at radius 3 is 2.54 bits per heavy atom. The molecule has 1 atom stereocenters. The highest BCUT2D eigenvalue weighted by Gasteiger charge is 2.28. The van der Waals surface area contributed by atoms with E-state index in [1.807, 2.05) is 12.1 Å². The molecule has 0 amide bonds. The Hall–Kier alpha value is -4.66. The third-order valence-electron chi connectivity index (χ3n) is 5.60. The summed E-state index contributed by atoms with van der Waals surface area (Å²) in [5.74, 6) is 4.73. The van der Waals surface area contributed by atoms with E-state index in [1.165, 1.54) is 13.2 Å². The monoisotopic (exact) mass is 519 g/mol. The van der Waals surface area contributed by atoms with Crippen LogP contribution in [0.1, 0.15) is 16.7 Å². The number of aliphatic carboxylic acids is 1. The predicted octanol–water partition coefficient (Wildman–Crippen LogP) is 3.46. The fourth-order valence-electron chi connectivity index (χ4n) is 3.70. The summed E-state index contributed by atoms with van der Waals surface area (Å²) in [6, 6.07) is 15.7. The smallest absolute Gasteiger partial charge is 0.322 e. The quantitative estimate of drug-likeness (QED) is 0.183. The van der Waals surface area contributed by atoms with Crippen LogP contribution in [0.3, 0.4) is 0 Å². The maximum Gasteiger partial charge on any atom is 0.322 e. The van der Waals surface area contributed by atoms with E-state index in [4.69, 9.17) is 4.74 Å². The van der Waals surface area contributed by atoms with Crippen LogP contribution in [0.25, 0.3) is 10.9 Å². The Morgan fingerprint density at radius 2 is 1.86 bits per heavy atom. The molecule has 3 aromatic carbocycles. The van der Waals surface area contributed by atoms with E-state index < -0.39 is 37.5 Å². The number of sulfonamides is 1. The molecule has 0 aliphatic rings. The van der Waals surface area contributed by atoms with Gasteiger partial charge in [0.1, 0.15) is 17.4 Å². The van der Waals surface area contributed by atoms with Crippen molar-refractivity contribution in [3.05, 3.63) is 99.7 Å². The van der Waals surface area contributed by atoms with Crippen molar-refractivity contribution in [2.75, 3.05) is 7.11 Å². The normalized spacial score (nSPS) is 11.9. The summed E-state index contributed by atoms with van der Waals surface area (Å²) in [4.78, 5) is 25.4. The van der Waals surface area contributed by atoms with Gasteiger partial charge in [0.15, 0.2) is 0 Å². The Bertz CT molecular complexity index is 1650. The number of nitrogens with one attached hydrogen (secondary N) is 2. The molecular weight excluding hydrogens is 498 g/mol. The number of benzene rings is 3. The lowest BCUT2D eigenvalue weighted by molar-refractivity contribution is -0.385. The van der Waals surface area contributed by atoms with Gasteiger partial charge in [0.05, 0.1) is 16.9 Å². The van der Waals surface area contributed by atoms with Crippen LogP contribution in [0.5, 0.6) is 5.75 Å². The summed E-state index contributed by atoms with van der Waals surface area (Å²) >= 11 is 0. The first kappa shape index (κ1) is 25.4. The molecule has 0 radical (unpaired) electrons. The molecule has 0 unspecified atom stereocenters. The van der Waals surface area contributed by atoms with Gasteiger partial charge in [0.2, 0.25) is 10.0 Å². The maximum atomic E-state index is 13.0. The van der Waals surface area contributed by atoms with Crippen molar-refractivity contribution in [1.82, 2.24) is 9.71 Å². The number of methoxy groups -OCH3 is 1. The number of aromatic nitrogens is 1. The fourth-order valence-corrected chi connectivity index (χ4v) is 4.91. The highest BCUT2D eigenvalue weighted by Crippen LogP contribution is 2.24. The topological polar surface area (TPSA) is 152 Å². The van der Waals surface area contributed by atoms with Crippen molar-refractivity contribution in [3.63, 3.8) is 0 Å². The molecule has 10 nitrogen and oxygen atoms in total. The molecule has 1 heterocycles. The number of H-pyrrole nitrogens is 1. The summed E-state index contributed by atoms with van der Waals surface area (Å²) in [6.07, 6.45) is 1.49. The van der Waals surface area contributed by atoms with Crippen molar-refractivity contribution >= 4 is 32.6 Å². The van der Waals surface area contributed by atoms with Gasteiger partial charge in [-0.15, -0.1) is 0 Å². The van der Waals surface area contributed by atoms with Gasteiger partial charge in [-0.05, 0) is 48.0 Å². The third kappa shape index (κ3) is 5.78. The molecule has 0 aliphatic carbocycles. The van der Waals surface area contributed by atoms with Crippen molar-refractivity contribution in [2.45, 2.75) is 17.4 Å². The summed E-state index contributed by atoms with van der Waals surface area (Å²) in [7, 11) is -2.89. The van der Waals surface area contributed by atoms with E-state index in [0.717, 1.165) is 23.0 Å². The third-order valence-corrected chi connectivity index (χ3v) is 7.07. The van der Waals surface area contributed by atoms with Crippen molar-refractivity contribution < 1.29 is 28.0 Å². The Balaban J connectivity index is 1.60. The number of nitro benzene ring substituents is 1. The van der Waals surface area contributed by atoms with E-state index in [0.29, 0.717) is 16.9 Å². The molecule has 0 spiro atoms. The van der Waals surface area contributed by atoms with Crippen molar-refractivity contribution in [2.24, 2.45) is 0 Å². The summed E-state index contributed by atoms with van der Waals surface area (Å²) in [5.41, 5.74) is 1.46. The number of ether oxygens (including phenoxy) is 1. The van der Waals surface area contributed by atoms with E-state index in [-0.39, 0.29) is 12.0 Å². The molecule has 1 aromatic heterocycles. The Kier molecular flexibility index (Phi) is 7.24. The molecule has 188 valence electrons. The van der Waals surface area contributed by atoms with Crippen LogP contribution in [0.15, 0.2) is 77.8 Å². The average molecular weight is 520 g/mol. The van der Waals surface area contributed by atoms with E-state index in [9.17, 15) is 28.4 Å². The standard InChI is InChI=1S/C26H21N3O7S/c1-36-20-11-7-17(8-12-20)6-9-18-10-13-21(15-25(18)29(32)33)37(34,35)28-24(26(30)31)14-19-16-27-23-5-3-2-4-22(19)23/h2-5,7-8,10-13,15-16,24,27-28H,14H2,1H3,(H,30,31)/t24-/m1/s1. The fraction of sp³-hybridized carbons (Fsp3) is 0.115. The number of carboxylic acids is 1. The molecule has 4 rings (SSSR count). The zero-order valence-corrected chi connectivity index (χ0v) is 20.3. The zero-order valence-electron chi connectivity index (χ0n) is 19.5. The molecule has 0 bridgehead atoms. The van der Waals surface area contributed by atoms with Gasteiger partial charge < -0.3 is 14.8 Å². The molecule has 11 heteroatoms.